The molecule has 0 bridgehead atoms. The number of amides is 1. The SMILES string of the molecule is COc1ccc([C@@H]2[C@@H]3CN(C(=O)c4cc(C)no4)C[C@@H]3CN2C)cc1.Cl. The summed E-state index contributed by atoms with van der Waals surface area (Å²) < 4.78 is 10.4. The van der Waals surface area contributed by atoms with Gasteiger partial charge in [0, 0.05) is 37.7 Å². The molecule has 4 rings (SSSR count). The van der Waals surface area contributed by atoms with Gasteiger partial charge in [-0.1, -0.05) is 17.3 Å². The van der Waals surface area contributed by atoms with Gasteiger partial charge in [0.1, 0.15) is 5.75 Å². The van der Waals surface area contributed by atoms with Crippen LogP contribution in [0.3, 0.4) is 0 Å². The molecule has 2 aliphatic rings. The van der Waals surface area contributed by atoms with E-state index in [2.05, 4.69) is 29.2 Å². The Morgan fingerprint density at radius 2 is 1.96 bits per heavy atom. The van der Waals surface area contributed by atoms with Gasteiger partial charge < -0.3 is 14.2 Å². The highest BCUT2D eigenvalue weighted by Gasteiger charge is 2.47. The van der Waals surface area contributed by atoms with Gasteiger partial charge >= 0.3 is 0 Å². The topological polar surface area (TPSA) is 58.8 Å². The molecule has 2 fully saturated rings. The highest BCUT2D eigenvalue weighted by molar-refractivity contribution is 5.91. The zero-order chi connectivity index (χ0) is 17.6. The number of ether oxygens (including phenoxy) is 1. The van der Waals surface area contributed by atoms with Gasteiger partial charge in [0.2, 0.25) is 5.76 Å². The van der Waals surface area contributed by atoms with E-state index >= 15 is 0 Å². The monoisotopic (exact) mass is 377 g/mol. The number of carbonyl (C=O) groups excluding carboxylic acids is 1. The molecule has 0 radical (unpaired) electrons. The first-order valence-corrected chi connectivity index (χ1v) is 8.63. The number of likely N-dealkylation sites (tertiary alicyclic amines) is 2. The van der Waals surface area contributed by atoms with Crippen LogP contribution >= 0.6 is 12.4 Å². The highest BCUT2D eigenvalue weighted by Crippen LogP contribution is 2.44. The van der Waals surface area contributed by atoms with Crippen LogP contribution in [0, 0.1) is 18.8 Å². The number of aryl methyl sites for hydroxylation is 1. The van der Waals surface area contributed by atoms with Crippen LogP contribution in [0.15, 0.2) is 34.9 Å². The van der Waals surface area contributed by atoms with E-state index in [-0.39, 0.29) is 18.3 Å². The van der Waals surface area contributed by atoms with Gasteiger partial charge in [0.05, 0.1) is 12.8 Å². The summed E-state index contributed by atoms with van der Waals surface area (Å²) in [5.74, 6) is 2.08. The molecule has 3 heterocycles. The highest BCUT2D eigenvalue weighted by atomic mass is 35.5. The summed E-state index contributed by atoms with van der Waals surface area (Å²) in [6, 6.07) is 10.3. The fourth-order valence-corrected chi connectivity index (χ4v) is 4.35. The number of hydrogen-bond acceptors (Lipinski definition) is 5. The lowest BCUT2D eigenvalue weighted by atomic mass is 9.89. The van der Waals surface area contributed by atoms with E-state index < -0.39 is 0 Å². The molecule has 0 N–H and O–H groups in total. The van der Waals surface area contributed by atoms with Crippen LogP contribution in [0.1, 0.15) is 27.9 Å². The Bertz CT molecular complexity index is 777. The molecule has 140 valence electrons. The van der Waals surface area contributed by atoms with Crippen LogP contribution in [0.5, 0.6) is 5.75 Å². The molecule has 7 heteroatoms. The second kappa shape index (κ2) is 7.29. The summed E-state index contributed by atoms with van der Waals surface area (Å²) in [4.78, 5) is 17.0. The van der Waals surface area contributed by atoms with Crippen molar-refractivity contribution in [2.75, 3.05) is 33.8 Å². The van der Waals surface area contributed by atoms with Crippen molar-refractivity contribution in [2.24, 2.45) is 11.8 Å². The average molecular weight is 378 g/mol. The fraction of sp³-hybridized carbons (Fsp3) is 0.474. The average Bonchev–Trinajstić information content (AvgIpc) is 3.28. The third-order valence-electron chi connectivity index (χ3n) is 5.48. The maximum atomic E-state index is 12.7. The second-order valence-electron chi connectivity index (χ2n) is 7.12. The quantitative estimate of drug-likeness (QED) is 0.823. The van der Waals surface area contributed by atoms with E-state index in [1.54, 1.807) is 13.2 Å². The molecule has 0 saturated carbocycles. The molecule has 3 atom stereocenters. The number of rotatable bonds is 3. The Kier molecular flexibility index (Phi) is 5.25. The first-order valence-electron chi connectivity index (χ1n) is 8.63. The molecule has 1 aromatic carbocycles. The van der Waals surface area contributed by atoms with Crippen molar-refractivity contribution < 1.29 is 14.1 Å². The molecule has 2 aliphatic heterocycles. The summed E-state index contributed by atoms with van der Waals surface area (Å²) in [5, 5.41) is 3.83. The van der Waals surface area contributed by atoms with E-state index in [4.69, 9.17) is 9.26 Å². The Morgan fingerprint density at radius 3 is 2.58 bits per heavy atom. The minimum absolute atomic E-state index is 0. The van der Waals surface area contributed by atoms with E-state index in [1.165, 1.54) is 5.56 Å². The molecule has 6 nitrogen and oxygen atoms in total. The first kappa shape index (κ1) is 18.7. The van der Waals surface area contributed by atoms with Gasteiger partial charge in [-0.2, -0.15) is 0 Å². The molecule has 1 aromatic heterocycles. The standard InChI is InChI=1S/C19H23N3O3.ClH/c1-12-8-17(25-20-12)19(23)22-10-14-9-21(2)18(16(14)11-22)13-4-6-15(24-3)7-5-13;/h4-8,14,16,18H,9-11H2,1-3H3;1H/t14-,16+,18+;/m0./s1. The second-order valence-corrected chi connectivity index (χ2v) is 7.12. The fourth-order valence-electron chi connectivity index (χ4n) is 4.35. The number of methoxy groups -OCH3 is 1. The van der Waals surface area contributed by atoms with Crippen LogP contribution < -0.4 is 4.74 Å². The molecule has 2 aromatic rings. The van der Waals surface area contributed by atoms with E-state index in [1.807, 2.05) is 24.0 Å². The van der Waals surface area contributed by atoms with Crippen LogP contribution in [-0.4, -0.2) is 54.7 Å². The zero-order valence-electron chi connectivity index (χ0n) is 15.2. The van der Waals surface area contributed by atoms with Crippen LogP contribution in [0.4, 0.5) is 0 Å². The van der Waals surface area contributed by atoms with Crippen LogP contribution in [-0.2, 0) is 0 Å². The van der Waals surface area contributed by atoms with Crippen LogP contribution in [0.2, 0.25) is 0 Å². The lowest BCUT2D eigenvalue weighted by Gasteiger charge is -2.26. The van der Waals surface area contributed by atoms with Crippen molar-refractivity contribution in [3.8, 4) is 5.75 Å². The summed E-state index contributed by atoms with van der Waals surface area (Å²) >= 11 is 0. The maximum Gasteiger partial charge on any atom is 0.292 e. The molecule has 0 aliphatic carbocycles. The van der Waals surface area contributed by atoms with E-state index in [9.17, 15) is 4.79 Å². The van der Waals surface area contributed by atoms with E-state index in [0.29, 0.717) is 23.6 Å². The summed E-state index contributed by atoms with van der Waals surface area (Å²) in [6.45, 7) is 4.36. The van der Waals surface area contributed by atoms with Crippen molar-refractivity contribution in [2.45, 2.75) is 13.0 Å². The maximum absolute atomic E-state index is 12.7. The van der Waals surface area contributed by atoms with Crippen molar-refractivity contribution in [1.29, 1.82) is 0 Å². The van der Waals surface area contributed by atoms with Gasteiger partial charge in [-0.3, -0.25) is 9.69 Å². The number of carbonyl (C=O) groups is 1. The largest absolute Gasteiger partial charge is 0.497 e. The molecule has 2 saturated heterocycles. The minimum Gasteiger partial charge on any atom is -0.497 e. The van der Waals surface area contributed by atoms with Gasteiger partial charge in [-0.15, -0.1) is 12.4 Å². The lowest BCUT2D eigenvalue weighted by Crippen LogP contribution is -2.33. The Balaban J connectivity index is 0.00000196. The summed E-state index contributed by atoms with van der Waals surface area (Å²) in [7, 11) is 3.84. The number of fused-ring (bicyclic) bond motifs is 1. The molecule has 0 unspecified atom stereocenters. The molecule has 26 heavy (non-hydrogen) atoms. The number of benzene rings is 1. The third-order valence-corrected chi connectivity index (χ3v) is 5.48. The summed E-state index contributed by atoms with van der Waals surface area (Å²) in [5.41, 5.74) is 2.01. The molecular weight excluding hydrogens is 354 g/mol. The number of nitrogens with zero attached hydrogens (tertiary/aromatic N) is 3. The lowest BCUT2D eigenvalue weighted by molar-refractivity contribution is 0.0726. The summed E-state index contributed by atoms with van der Waals surface area (Å²) in [6.07, 6.45) is 0. The predicted octanol–water partition coefficient (Wildman–Crippen LogP) is 2.79. The third kappa shape index (κ3) is 3.19. The minimum atomic E-state index is -0.0499. The van der Waals surface area contributed by atoms with Crippen molar-refractivity contribution in [1.82, 2.24) is 15.0 Å². The Morgan fingerprint density at radius 1 is 1.23 bits per heavy atom. The number of halogens is 1. The van der Waals surface area contributed by atoms with Gasteiger partial charge in [-0.05, 0) is 37.6 Å². The normalized spacial score (nSPS) is 25.0. The van der Waals surface area contributed by atoms with Gasteiger partial charge in [-0.25, -0.2) is 0 Å². The molecular formula is C19H24ClN3O3. The Hall–Kier alpha value is -2.05. The van der Waals surface area contributed by atoms with E-state index in [0.717, 1.165) is 31.1 Å². The molecule has 0 spiro atoms. The zero-order valence-corrected chi connectivity index (χ0v) is 16.0. The van der Waals surface area contributed by atoms with Crippen molar-refractivity contribution in [3.05, 3.63) is 47.3 Å². The Labute approximate surface area is 159 Å². The predicted molar refractivity (Wildman–Crippen MR) is 99.7 cm³/mol. The van der Waals surface area contributed by atoms with Crippen molar-refractivity contribution in [3.63, 3.8) is 0 Å². The number of aromatic nitrogens is 1. The smallest absolute Gasteiger partial charge is 0.292 e. The number of hydrogen-bond donors (Lipinski definition) is 0. The molecule has 1 amide bonds. The first-order chi connectivity index (χ1) is 12.1. The van der Waals surface area contributed by atoms with Gasteiger partial charge in [0.15, 0.2) is 0 Å². The van der Waals surface area contributed by atoms with Crippen LogP contribution in [0.25, 0.3) is 0 Å². The van der Waals surface area contributed by atoms with Crippen molar-refractivity contribution >= 4 is 18.3 Å². The van der Waals surface area contributed by atoms with Gasteiger partial charge in [0.25, 0.3) is 5.91 Å².